The number of carboxylic acid groups (broad SMARTS) is 1. The predicted octanol–water partition coefficient (Wildman–Crippen LogP) is 4.85. The van der Waals surface area contributed by atoms with Crippen LogP contribution >= 0.6 is 11.6 Å². The van der Waals surface area contributed by atoms with Crippen LogP contribution in [0.5, 0.6) is 5.75 Å². The van der Waals surface area contributed by atoms with Crippen LogP contribution < -0.4 is 4.18 Å². The number of carbonyl (C=O) groups is 1. The highest BCUT2D eigenvalue weighted by molar-refractivity contribution is 7.87. The Bertz CT molecular complexity index is 900. The second-order valence-corrected chi connectivity index (χ2v) is 8.31. The van der Waals surface area contributed by atoms with Gasteiger partial charge in [0.05, 0.1) is 10.6 Å². The second-order valence-electron chi connectivity index (χ2n) is 6.39. The van der Waals surface area contributed by atoms with Gasteiger partial charge in [-0.15, -0.1) is 0 Å². The first-order valence-corrected chi connectivity index (χ1v) is 10.2. The standard InChI is InChI=1S/C19H19ClO5S/c20-17-11-8-15(19(21)22)12-18(17)26(23,24)25-16-9-6-14(7-10-16)13-4-2-1-3-5-13/h6-13H,1-5H2,(H,21,22). The van der Waals surface area contributed by atoms with Crippen LogP contribution in [0.25, 0.3) is 0 Å². The van der Waals surface area contributed by atoms with Gasteiger partial charge in [0.1, 0.15) is 10.6 Å². The van der Waals surface area contributed by atoms with Crippen LogP contribution in [-0.2, 0) is 10.1 Å². The molecule has 1 saturated carbocycles. The van der Waals surface area contributed by atoms with Gasteiger partial charge in [-0.2, -0.15) is 8.42 Å². The summed E-state index contributed by atoms with van der Waals surface area (Å²) in [5.74, 6) is -0.563. The van der Waals surface area contributed by atoms with Crippen molar-refractivity contribution in [2.45, 2.75) is 42.9 Å². The molecule has 2 aromatic carbocycles. The first kappa shape index (κ1) is 18.7. The molecule has 0 spiro atoms. The summed E-state index contributed by atoms with van der Waals surface area (Å²) in [5.41, 5.74) is 1.00. The van der Waals surface area contributed by atoms with Crippen molar-refractivity contribution in [3.63, 3.8) is 0 Å². The highest BCUT2D eigenvalue weighted by Gasteiger charge is 2.23. The molecule has 0 atom stereocenters. The molecule has 0 aliphatic heterocycles. The van der Waals surface area contributed by atoms with Gasteiger partial charge in [-0.1, -0.05) is 43.0 Å². The molecule has 0 radical (unpaired) electrons. The summed E-state index contributed by atoms with van der Waals surface area (Å²) >= 11 is 5.93. The van der Waals surface area contributed by atoms with Crippen molar-refractivity contribution in [3.05, 3.63) is 58.6 Å². The maximum Gasteiger partial charge on any atom is 0.340 e. The monoisotopic (exact) mass is 394 g/mol. The average Bonchev–Trinajstić information content (AvgIpc) is 2.63. The Labute approximate surface area is 157 Å². The lowest BCUT2D eigenvalue weighted by Gasteiger charge is -2.22. The minimum Gasteiger partial charge on any atom is -0.478 e. The van der Waals surface area contributed by atoms with Crippen LogP contribution in [0.2, 0.25) is 5.02 Å². The van der Waals surface area contributed by atoms with E-state index in [0.717, 1.165) is 18.9 Å². The number of benzene rings is 2. The lowest BCUT2D eigenvalue weighted by Crippen LogP contribution is -2.12. The van der Waals surface area contributed by atoms with Crippen molar-refractivity contribution in [3.8, 4) is 5.75 Å². The third-order valence-corrected chi connectivity index (χ3v) is 6.34. The Morgan fingerprint density at radius 2 is 1.69 bits per heavy atom. The van der Waals surface area contributed by atoms with Gasteiger partial charge >= 0.3 is 16.1 Å². The van der Waals surface area contributed by atoms with Gasteiger partial charge in [0.2, 0.25) is 0 Å². The van der Waals surface area contributed by atoms with E-state index in [1.165, 1.54) is 37.0 Å². The summed E-state index contributed by atoms with van der Waals surface area (Å²) in [6, 6.07) is 10.5. The van der Waals surface area contributed by atoms with E-state index < -0.39 is 16.1 Å². The maximum atomic E-state index is 12.5. The van der Waals surface area contributed by atoms with Crippen LogP contribution in [-0.4, -0.2) is 19.5 Å². The lowest BCUT2D eigenvalue weighted by molar-refractivity contribution is 0.0696. The first-order valence-electron chi connectivity index (χ1n) is 8.44. The summed E-state index contributed by atoms with van der Waals surface area (Å²) in [6.45, 7) is 0. The molecule has 138 valence electrons. The van der Waals surface area contributed by atoms with Crippen molar-refractivity contribution in [2.75, 3.05) is 0 Å². The molecule has 7 heteroatoms. The van der Waals surface area contributed by atoms with Crippen LogP contribution in [0, 0.1) is 0 Å². The summed E-state index contributed by atoms with van der Waals surface area (Å²) in [5, 5.41) is 8.94. The van der Waals surface area contributed by atoms with Gasteiger partial charge in [0.15, 0.2) is 0 Å². The van der Waals surface area contributed by atoms with Gasteiger partial charge in [-0.3, -0.25) is 0 Å². The third-order valence-electron chi connectivity index (χ3n) is 4.61. The van der Waals surface area contributed by atoms with Gasteiger partial charge in [0.25, 0.3) is 0 Å². The molecule has 1 fully saturated rings. The minimum absolute atomic E-state index is 0.0891. The van der Waals surface area contributed by atoms with Crippen molar-refractivity contribution in [1.82, 2.24) is 0 Å². The fourth-order valence-corrected chi connectivity index (χ4v) is 4.66. The molecule has 0 aromatic heterocycles. The molecule has 5 nitrogen and oxygen atoms in total. The molecule has 1 aliphatic carbocycles. The molecule has 2 aromatic rings. The van der Waals surface area contributed by atoms with E-state index in [2.05, 4.69) is 0 Å². The van der Waals surface area contributed by atoms with Crippen LogP contribution in [0.3, 0.4) is 0 Å². The summed E-state index contributed by atoms with van der Waals surface area (Å²) < 4.78 is 30.1. The zero-order valence-corrected chi connectivity index (χ0v) is 15.6. The van der Waals surface area contributed by atoms with Crippen molar-refractivity contribution < 1.29 is 22.5 Å². The van der Waals surface area contributed by atoms with E-state index in [1.54, 1.807) is 12.1 Å². The zero-order valence-electron chi connectivity index (χ0n) is 14.0. The predicted molar refractivity (Wildman–Crippen MR) is 98.5 cm³/mol. The second kappa shape index (κ2) is 7.68. The molecule has 0 heterocycles. The molecule has 0 amide bonds. The Morgan fingerprint density at radius 1 is 1.04 bits per heavy atom. The number of rotatable bonds is 5. The molecule has 0 bridgehead atoms. The lowest BCUT2D eigenvalue weighted by atomic mass is 9.84. The van der Waals surface area contributed by atoms with Crippen LogP contribution in [0.15, 0.2) is 47.4 Å². The van der Waals surface area contributed by atoms with Crippen molar-refractivity contribution in [1.29, 1.82) is 0 Å². The molecule has 0 unspecified atom stereocenters. The number of hydrogen-bond acceptors (Lipinski definition) is 4. The molecule has 26 heavy (non-hydrogen) atoms. The number of hydrogen-bond donors (Lipinski definition) is 1. The largest absolute Gasteiger partial charge is 0.478 e. The highest BCUT2D eigenvalue weighted by atomic mass is 35.5. The normalized spacial score (nSPS) is 15.6. The Morgan fingerprint density at radius 3 is 2.31 bits per heavy atom. The number of aromatic carboxylic acids is 1. The third kappa shape index (κ3) is 4.19. The van der Waals surface area contributed by atoms with E-state index in [9.17, 15) is 13.2 Å². The summed E-state index contributed by atoms with van der Waals surface area (Å²) in [6.07, 6.45) is 6.00. The Kier molecular flexibility index (Phi) is 5.53. The molecular weight excluding hydrogens is 376 g/mol. The van der Waals surface area contributed by atoms with Crippen LogP contribution in [0.1, 0.15) is 53.9 Å². The average molecular weight is 395 g/mol. The maximum absolute atomic E-state index is 12.5. The van der Waals surface area contributed by atoms with Gasteiger partial charge < -0.3 is 9.29 Å². The number of carboxylic acids is 1. The smallest absolute Gasteiger partial charge is 0.340 e. The highest BCUT2D eigenvalue weighted by Crippen LogP contribution is 2.34. The SMILES string of the molecule is O=C(O)c1ccc(Cl)c(S(=O)(=O)Oc2ccc(C3CCCCC3)cc2)c1. The van der Waals surface area contributed by atoms with Gasteiger partial charge in [-0.25, -0.2) is 4.79 Å². The molecular formula is C19H19ClO5S. The fourth-order valence-electron chi connectivity index (χ4n) is 3.23. The van der Waals surface area contributed by atoms with Crippen molar-refractivity contribution in [2.24, 2.45) is 0 Å². The molecule has 1 N–H and O–H groups in total. The van der Waals surface area contributed by atoms with E-state index in [1.807, 2.05) is 12.1 Å². The Balaban J connectivity index is 1.81. The zero-order chi connectivity index (χ0) is 18.7. The summed E-state index contributed by atoms with van der Waals surface area (Å²) in [7, 11) is -4.23. The summed E-state index contributed by atoms with van der Waals surface area (Å²) in [4.78, 5) is 10.7. The number of halogens is 1. The first-order chi connectivity index (χ1) is 12.4. The quantitative estimate of drug-likeness (QED) is 0.733. The topological polar surface area (TPSA) is 80.7 Å². The fraction of sp³-hybridized carbons (Fsp3) is 0.316. The van der Waals surface area contributed by atoms with Crippen LogP contribution in [0.4, 0.5) is 0 Å². The molecule has 1 aliphatic rings. The van der Waals surface area contributed by atoms with Gasteiger partial charge in [0, 0.05) is 0 Å². The minimum atomic E-state index is -4.23. The van der Waals surface area contributed by atoms with E-state index in [0.29, 0.717) is 5.92 Å². The Hall–Kier alpha value is -2.05. The van der Waals surface area contributed by atoms with E-state index in [4.69, 9.17) is 20.9 Å². The van der Waals surface area contributed by atoms with Crippen molar-refractivity contribution >= 4 is 27.7 Å². The van der Waals surface area contributed by atoms with E-state index >= 15 is 0 Å². The molecule has 0 saturated heterocycles. The molecule has 3 rings (SSSR count). The van der Waals surface area contributed by atoms with Gasteiger partial charge in [-0.05, 0) is 54.7 Å². The van der Waals surface area contributed by atoms with E-state index in [-0.39, 0.29) is 21.2 Å².